The van der Waals surface area contributed by atoms with Gasteiger partial charge in [0.05, 0.1) is 6.20 Å². The molecule has 1 aromatic heterocycles. The number of benzene rings is 1. The van der Waals surface area contributed by atoms with Gasteiger partial charge < -0.3 is 10.1 Å². The molecule has 4 heteroatoms. The molecule has 0 saturated carbocycles. The minimum atomic E-state index is -0.356. The van der Waals surface area contributed by atoms with E-state index in [1.807, 2.05) is 31.2 Å². The van der Waals surface area contributed by atoms with Crippen LogP contribution in [0.3, 0.4) is 0 Å². The molecule has 0 atom stereocenters. The van der Waals surface area contributed by atoms with Crippen LogP contribution in [-0.4, -0.2) is 11.5 Å². The largest absolute Gasteiger partial charge is 0.439 e. The van der Waals surface area contributed by atoms with E-state index in [0.717, 1.165) is 6.54 Å². The second-order valence-electron chi connectivity index (χ2n) is 5.22. The molecule has 0 aliphatic carbocycles. The van der Waals surface area contributed by atoms with Gasteiger partial charge in [-0.3, -0.25) is 0 Å². The van der Waals surface area contributed by atoms with Crippen LogP contribution in [0, 0.1) is 5.82 Å². The minimum absolute atomic E-state index is 0.356. The number of rotatable bonds is 6. The number of ether oxygens (including phenoxy) is 1. The van der Waals surface area contributed by atoms with Crippen LogP contribution in [-0.2, 0) is 6.54 Å². The zero-order valence-electron chi connectivity index (χ0n) is 12.7. The van der Waals surface area contributed by atoms with Crippen molar-refractivity contribution < 1.29 is 9.13 Å². The van der Waals surface area contributed by atoms with Gasteiger partial charge in [0.25, 0.3) is 0 Å². The molecule has 0 aliphatic rings. The molecule has 1 N–H and O–H groups in total. The normalized spacial score (nSPS) is 10.9. The molecule has 1 heterocycles. The van der Waals surface area contributed by atoms with E-state index >= 15 is 0 Å². The summed E-state index contributed by atoms with van der Waals surface area (Å²) in [5.41, 5.74) is 1.96. The Labute approximate surface area is 125 Å². The summed E-state index contributed by atoms with van der Waals surface area (Å²) in [7, 11) is 0. The van der Waals surface area contributed by atoms with Crippen LogP contribution < -0.4 is 10.1 Å². The topological polar surface area (TPSA) is 34.2 Å². The van der Waals surface area contributed by atoms with Gasteiger partial charge in [-0.1, -0.05) is 32.9 Å². The minimum Gasteiger partial charge on any atom is -0.439 e. The van der Waals surface area contributed by atoms with Gasteiger partial charge in [0.15, 0.2) is 0 Å². The highest BCUT2D eigenvalue weighted by Gasteiger charge is 2.08. The van der Waals surface area contributed by atoms with Crippen molar-refractivity contribution in [3.8, 4) is 11.6 Å². The third-order valence-electron chi connectivity index (χ3n) is 3.22. The Morgan fingerprint density at radius 1 is 1.24 bits per heavy atom. The van der Waals surface area contributed by atoms with Crippen molar-refractivity contribution in [3.63, 3.8) is 0 Å². The molecule has 112 valence electrons. The lowest BCUT2D eigenvalue weighted by molar-refractivity contribution is 0.448. The van der Waals surface area contributed by atoms with Crippen LogP contribution in [0.4, 0.5) is 4.39 Å². The van der Waals surface area contributed by atoms with Crippen LogP contribution in [0.5, 0.6) is 11.6 Å². The van der Waals surface area contributed by atoms with Crippen molar-refractivity contribution in [2.75, 3.05) is 6.54 Å². The Hall–Kier alpha value is -1.94. The summed E-state index contributed by atoms with van der Waals surface area (Å²) in [6.07, 6.45) is 1.17. The first-order chi connectivity index (χ1) is 10.1. The summed E-state index contributed by atoms with van der Waals surface area (Å²) in [5, 5.41) is 3.16. The summed E-state index contributed by atoms with van der Waals surface area (Å²) in [5.74, 6) is 1.27. The van der Waals surface area contributed by atoms with Crippen molar-refractivity contribution in [1.82, 2.24) is 10.3 Å². The van der Waals surface area contributed by atoms with Crippen LogP contribution >= 0.6 is 0 Å². The second-order valence-corrected chi connectivity index (χ2v) is 5.22. The highest BCUT2D eigenvalue weighted by Crippen LogP contribution is 2.25. The Balaban J connectivity index is 2.18. The Morgan fingerprint density at radius 3 is 2.57 bits per heavy atom. The molecule has 21 heavy (non-hydrogen) atoms. The highest BCUT2D eigenvalue weighted by molar-refractivity contribution is 5.34. The van der Waals surface area contributed by atoms with Crippen LogP contribution in [0.15, 0.2) is 36.5 Å². The molecule has 0 saturated heterocycles. The number of hydrogen-bond donors (Lipinski definition) is 1. The Morgan fingerprint density at radius 2 is 1.95 bits per heavy atom. The van der Waals surface area contributed by atoms with Gasteiger partial charge >= 0.3 is 0 Å². The average Bonchev–Trinajstić information content (AvgIpc) is 2.48. The number of halogens is 1. The fourth-order valence-electron chi connectivity index (χ4n) is 1.98. The summed E-state index contributed by atoms with van der Waals surface area (Å²) in [4.78, 5) is 4.05. The first-order valence-corrected chi connectivity index (χ1v) is 7.23. The van der Waals surface area contributed by atoms with Crippen molar-refractivity contribution in [2.45, 2.75) is 33.2 Å². The number of nitrogens with one attached hydrogen (secondary N) is 1. The molecule has 3 nitrogen and oxygen atoms in total. The van der Waals surface area contributed by atoms with Crippen molar-refractivity contribution >= 4 is 0 Å². The van der Waals surface area contributed by atoms with Crippen molar-refractivity contribution in [2.24, 2.45) is 0 Å². The number of nitrogens with zero attached hydrogens (tertiary/aromatic N) is 1. The predicted molar refractivity (Wildman–Crippen MR) is 82.2 cm³/mol. The fourth-order valence-corrected chi connectivity index (χ4v) is 1.98. The van der Waals surface area contributed by atoms with E-state index in [0.29, 0.717) is 29.7 Å². The number of pyridine rings is 1. The lowest BCUT2D eigenvalue weighted by atomic mass is 10.0. The molecular formula is C17H21FN2O. The van der Waals surface area contributed by atoms with E-state index in [4.69, 9.17) is 4.74 Å². The van der Waals surface area contributed by atoms with E-state index in [1.165, 1.54) is 17.8 Å². The number of aromatic nitrogens is 1. The van der Waals surface area contributed by atoms with Crippen LogP contribution in [0.2, 0.25) is 0 Å². The molecule has 0 fully saturated rings. The SMILES string of the molecule is CCNCc1cc(F)cnc1Oc1ccc(C(C)C)cc1. The summed E-state index contributed by atoms with van der Waals surface area (Å²) in [6, 6.07) is 9.35. The molecule has 0 radical (unpaired) electrons. The van der Waals surface area contributed by atoms with E-state index in [-0.39, 0.29) is 5.82 Å². The number of hydrogen-bond acceptors (Lipinski definition) is 3. The molecule has 2 rings (SSSR count). The van der Waals surface area contributed by atoms with Gasteiger partial charge in [-0.25, -0.2) is 9.37 Å². The lowest BCUT2D eigenvalue weighted by Crippen LogP contribution is -2.13. The average molecular weight is 288 g/mol. The van der Waals surface area contributed by atoms with E-state index in [9.17, 15) is 4.39 Å². The maximum Gasteiger partial charge on any atom is 0.223 e. The van der Waals surface area contributed by atoms with Gasteiger partial charge in [0, 0.05) is 12.1 Å². The maximum absolute atomic E-state index is 13.3. The van der Waals surface area contributed by atoms with Gasteiger partial charge in [-0.05, 0) is 36.2 Å². The van der Waals surface area contributed by atoms with E-state index in [1.54, 1.807) is 0 Å². The monoisotopic (exact) mass is 288 g/mol. The molecule has 1 aromatic carbocycles. The summed E-state index contributed by atoms with van der Waals surface area (Å²) < 4.78 is 19.1. The first kappa shape index (κ1) is 15.4. The maximum atomic E-state index is 13.3. The summed E-state index contributed by atoms with van der Waals surface area (Å²) in [6.45, 7) is 7.62. The van der Waals surface area contributed by atoms with Crippen LogP contribution in [0.25, 0.3) is 0 Å². The third kappa shape index (κ3) is 4.26. The van der Waals surface area contributed by atoms with Gasteiger partial charge in [-0.15, -0.1) is 0 Å². The zero-order valence-corrected chi connectivity index (χ0v) is 12.7. The quantitative estimate of drug-likeness (QED) is 0.863. The first-order valence-electron chi connectivity index (χ1n) is 7.23. The molecule has 0 spiro atoms. The predicted octanol–water partition coefficient (Wildman–Crippen LogP) is 4.25. The van der Waals surface area contributed by atoms with Gasteiger partial charge in [0.1, 0.15) is 11.6 Å². The molecule has 0 aliphatic heterocycles. The van der Waals surface area contributed by atoms with Gasteiger partial charge in [-0.2, -0.15) is 0 Å². The molecule has 0 unspecified atom stereocenters. The van der Waals surface area contributed by atoms with E-state index < -0.39 is 0 Å². The Kier molecular flexibility index (Phi) is 5.28. The van der Waals surface area contributed by atoms with Crippen molar-refractivity contribution in [3.05, 3.63) is 53.5 Å². The standard InChI is InChI=1S/C17H21FN2O/c1-4-19-10-14-9-15(18)11-20-17(14)21-16-7-5-13(6-8-16)12(2)3/h5-9,11-12,19H,4,10H2,1-3H3. The van der Waals surface area contributed by atoms with Gasteiger partial charge in [0.2, 0.25) is 5.88 Å². The zero-order chi connectivity index (χ0) is 15.2. The van der Waals surface area contributed by atoms with Crippen LogP contribution in [0.1, 0.15) is 37.8 Å². The molecule has 2 aromatic rings. The lowest BCUT2D eigenvalue weighted by Gasteiger charge is -2.11. The van der Waals surface area contributed by atoms with E-state index in [2.05, 4.69) is 24.1 Å². The summed E-state index contributed by atoms with van der Waals surface area (Å²) >= 11 is 0. The fraction of sp³-hybridized carbons (Fsp3) is 0.353. The highest BCUT2D eigenvalue weighted by atomic mass is 19.1. The molecule has 0 bridgehead atoms. The third-order valence-corrected chi connectivity index (χ3v) is 3.22. The Bertz CT molecular complexity index is 582. The van der Waals surface area contributed by atoms with Crippen molar-refractivity contribution in [1.29, 1.82) is 0 Å². The molecular weight excluding hydrogens is 267 g/mol. The molecule has 0 amide bonds. The second kappa shape index (κ2) is 7.18. The smallest absolute Gasteiger partial charge is 0.223 e.